The van der Waals surface area contributed by atoms with Gasteiger partial charge < -0.3 is 10.4 Å². The number of aliphatic carboxylic acids is 1. The van der Waals surface area contributed by atoms with Gasteiger partial charge in [0, 0.05) is 10.9 Å². The first kappa shape index (κ1) is 15.2. The van der Waals surface area contributed by atoms with Gasteiger partial charge in [0.05, 0.1) is 16.5 Å². The molecule has 1 aromatic carbocycles. The summed E-state index contributed by atoms with van der Waals surface area (Å²) < 4.78 is 0. The molecule has 1 aliphatic carbocycles. The van der Waals surface area contributed by atoms with E-state index in [1.165, 1.54) is 11.8 Å². The number of benzene rings is 1. The Morgan fingerprint density at radius 2 is 2.15 bits per heavy atom. The molecule has 1 amide bonds. The molecule has 0 aromatic heterocycles. The van der Waals surface area contributed by atoms with Crippen LogP contribution in [-0.2, 0) is 4.79 Å². The largest absolute Gasteiger partial charge is 0.481 e. The van der Waals surface area contributed by atoms with Crippen molar-refractivity contribution in [2.75, 3.05) is 6.26 Å². The van der Waals surface area contributed by atoms with E-state index in [4.69, 9.17) is 16.7 Å². The smallest absolute Gasteiger partial charge is 0.306 e. The van der Waals surface area contributed by atoms with Gasteiger partial charge in [0.15, 0.2) is 0 Å². The molecule has 0 saturated heterocycles. The SMILES string of the molecule is CSc1ccc(Cl)c(C(=O)NC2CCC(C(=O)O)C2)c1. The van der Waals surface area contributed by atoms with Gasteiger partial charge in [0.25, 0.3) is 5.91 Å². The number of carbonyl (C=O) groups is 2. The van der Waals surface area contributed by atoms with Crippen molar-refractivity contribution in [3.63, 3.8) is 0 Å². The summed E-state index contributed by atoms with van der Waals surface area (Å²) in [5.41, 5.74) is 0.442. The van der Waals surface area contributed by atoms with Gasteiger partial charge in [-0.05, 0) is 43.7 Å². The highest BCUT2D eigenvalue weighted by Gasteiger charge is 2.30. The summed E-state index contributed by atoms with van der Waals surface area (Å²) in [7, 11) is 0. The van der Waals surface area contributed by atoms with Crippen LogP contribution in [0, 0.1) is 5.92 Å². The first-order valence-electron chi connectivity index (χ1n) is 6.38. The van der Waals surface area contributed by atoms with E-state index in [1.807, 2.05) is 12.3 Å². The fourth-order valence-electron chi connectivity index (χ4n) is 2.41. The average Bonchev–Trinajstić information content (AvgIpc) is 2.88. The number of amides is 1. The molecule has 4 nitrogen and oxygen atoms in total. The molecule has 1 aliphatic rings. The summed E-state index contributed by atoms with van der Waals surface area (Å²) in [6, 6.07) is 5.24. The summed E-state index contributed by atoms with van der Waals surface area (Å²) in [4.78, 5) is 24.1. The van der Waals surface area contributed by atoms with Gasteiger partial charge in [-0.15, -0.1) is 11.8 Å². The minimum Gasteiger partial charge on any atom is -0.481 e. The molecule has 1 aromatic rings. The number of hydrogen-bond donors (Lipinski definition) is 2. The zero-order valence-corrected chi connectivity index (χ0v) is 12.6. The Kier molecular flexibility index (Phi) is 4.94. The molecule has 0 bridgehead atoms. The van der Waals surface area contributed by atoms with Crippen LogP contribution in [0.2, 0.25) is 5.02 Å². The van der Waals surface area contributed by atoms with Gasteiger partial charge in [-0.2, -0.15) is 0 Å². The van der Waals surface area contributed by atoms with Gasteiger partial charge >= 0.3 is 5.97 Å². The highest BCUT2D eigenvalue weighted by molar-refractivity contribution is 7.98. The predicted molar refractivity (Wildman–Crippen MR) is 79.5 cm³/mol. The third-order valence-corrected chi connectivity index (χ3v) is 4.59. The molecular weight excluding hydrogens is 298 g/mol. The summed E-state index contributed by atoms with van der Waals surface area (Å²) in [6.07, 6.45) is 3.72. The maximum Gasteiger partial charge on any atom is 0.306 e. The van der Waals surface area contributed by atoms with E-state index in [-0.39, 0.29) is 17.9 Å². The Labute approximate surface area is 126 Å². The van der Waals surface area contributed by atoms with Crippen molar-refractivity contribution >= 4 is 35.2 Å². The van der Waals surface area contributed by atoms with Crippen molar-refractivity contribution in [1.82, 2.24) is 5.32 Å². The fourth-order valence-corrected chi connectivity index (χ4v) is 3.05. The van der Waals surface area contributed by atoms with Crippen LogP contribution < -0.4 is 5.32 Å². The molecule has 2 rings (SSSR count). The lowest BCUT2D eigenvalue weighted by atomic mass is 10.1. The van der Waals surface area contributed by atoms with Crippen LogP contribution in [0.15, 0.2) is 23.1 Å². The maximum absolute atomic E-state index is 12.2. The first-order chi connectivity index (χ1) is 9.51. The number of thioether (sulfide) groups is 1. The minimum atomic E-state index is -0.788. The molecule has 20 heavy (non-hydrogen) atoms. The van der Waals surface area contributed by atoms with Crippen LogP contribution in [0.5, 0.6) is 0 Å². The highest BCUT2D eigenvalue weighted by Crippen LogP contribution is 2.27. The van der Waals surface area contributed by atoms with Gasteiger partial charge in [-0.3, -0.25) is 9.59 Å². The quantitative estimate of drug-likeness (QED) is 0.838. The van der Waals surface area contributed by atoms with Crippen LogP contribution in [0.3, 0.4) is 0 Å². The van der Waals surface area contributed by atoms with Crippen molar-refractivity contribution in [2.45, 2.75) is 30.2 Å². The molecule has 0 heterocycles. The van der Waals surface area contributed by atoms with Gasteiger partial charge in [-0.25, -0.2) is 0 Å². The second kappa shape index (κ2) is 6.50. The van der Waals surface area contributed by atoms with E-state index in [1.54, 1.807) is 12.1 Å². The summed E-state index contributed by atoms with van der Waals surface area (Å²) in [5.74, 6) is -1.38. The van der Waals surface area contributed by atoms with E-state index < -0.39 is 5.97 Å². The number of hydrogen-bond acceptors (Lipinski definition) is 3. The molecule has 2 atom stereocenters. The maximum atomic E-state index is 12.2. The van der Waals surface area contributed by atoms with E-state index in [0.29, 0.717) is 29.8 Å². The number of halogens is 1. The van der Waals surface area contributed by atoms with E-state index >= 15 is 0 Å². The molecule has 2 N–H and O–H groups in total. The second-order valence-corrected chi connectivity index (χ2v) is 6.15. The lowest BCUT2D eigenvalue weighted by Gasteiger charge is -2.13. The van der Waals surface area contributed by atoms with Gasteiger partial charge in [0.1, 0.15) is 0 Å². The molecule has 0 spiro atoms. The van der Waals surface area contributed by atoms with Crippen molar-refractivity contribution in [1.29, 1.82) is 0 Å². The Morgan fingerprint density at radius 1 is 1.40 bits per heavy atom. The summed E-state index contributed by atoms with van der Waals surface area (Å²) in [6.45, 7) is 0. The Balaban J connectivity index is 2.04. The standard InChI is InChI=1S/C14H16ClNO3S/c1-20-10-4-5-12(15)11(7-10)13(17)16-9-3-2-8(6-9)14(18)19/h4-5,7-9H,2-3,6H2,1H3,(H,16,17)(H,18,19). The second-order valence-electron chi connectivity index (χ2n) is 4.86. The predicted octanol–water partition coefficient (Wildman–Crippen LogP) is 3.05. The van der Waals surface area contributed by atoms with Crippen LogP contribution >= 0.6 is 23.4 Å². The Bertz CT molecular complexity index is 535. The van der Waals surface area contributed by atoms with Gasteiger partial charge in [0.2, 0.25) is 0 Å². The fraction of sp³-hybridized carbons (Fsp3) is 0.429. The zero-order chi connectivity index (χ0) is 14.7. The first-order valence-corrected chi connectivity index (χ1v) is 7.98. The number of carboxylic acid groups (broad SMARTS) is 1. The molecule has 2 unspecified atom stereocenters. The molecule has 1 fully saturated rings. The third kappa shape index (κ3) is 3.46. The van der Waals surface area contributed by atoms with Crippen molar-refractivity contribution in [2.24, 2.45) is 5.92 Å². The monoisotopic (exact) mass is 313 g/mol. The van der Waals surface area contributed by atoms with E-state index in [9.17, 15) is 9.59 Å². The molecule has 0 aliphatic heterocycles. The van der Waals surface area contributed by atoms with E-state index in [2.05, 4.69) is 5.32 Å². The van der Waals surface area contributed by atoms with E-state index in [0.717, 1.165) is 4.90 Å². The lowest BCUT2D eigenvalue weighted by molar-refractivity contribution is -0.141. The minimum absolute atomic E-state index is 0.0856. The highest BCUT2D eigenvalue weighted by atomic mass is 35.5. The van der Waals surface area contributed by atoms with Crippen LogP contribution in [0.4, 0.5) is 0 Å². The van der Waals surface area contributed by atoms with Crippen LogP contribution in [0.25, 0.3) is 0 Å². The number of nitrogens with one attached hydrogen (secondary N) is 1. The molecule has 108 valence electrons. The molecule has 1 saturated carbocycles. The topological polar surface area (TPSA) is 66.4 Å². The van der Waals surface area contributed by atoms with Crippen molar-refractivity contribution in [3.8, 4) is 0 Å². The number of carboxylic acids is 1. The molecular formula is C14H16ClNO3S. The normalized spacial score (nSPS) is 21.7. The lowest BCUT2D eigenvalue weighted by Crippen LogP contribution is -2.33. The number of rotatable bonds is 4. The zero-order valence-electron chi connectivity index (χ0n) is 11.1. The van der Waals surface area contributed by atoms with Crippen LogP contribution in [0.1, 0.15) is 29.6 Å². The molecule has 6 heteroatoms. The molecule has 0 radical (unpaired) electrons. The van der Waals surface area contributed by atoms with Crippen molar-refractivity contribution in [3.05, 3.63) is 28.8 Å². The van der Waals surface area contributed by atoms with Crippen molar-refractivity contribution < 1.29 is 14.7 Å². The third-order valence-electron chi connectivity index (χ3n) is 3.54. The summed E-state index contributed by atoms with van der Waals surface area (Å²) >= 11 is 7.59. The van der Waals surface area contributed by atoms with Crippen LogP contribution in [-0.4, -0.2) is 29.3 Å². The summed E-state index contributed by atoms with van der Waals surface area (Å²) in [5, 5.41) is 12.2. The average molecular weight is 314 g/mol. The number of carbonyl (C=O) groups excluding carboxylic acids is 1. The Hall–Kier alpha value is -1.20. The van der Waals surface area contributed by atoms with Gasteiger partial charge in [-0.1, -0.05) is 11.6 Å². The Morgan fingerprint density at radius 3 is 2.75 bits per heavy atom.